The van der Waals surface area contributed by atoms with Gasteiger partial charge in [-0.3, -0.25) is 0 Å². The van der Waals surface area contributed by atoms with Gasteiger partial charge >= 0.3 is 0 Å². The second kappa shape index (κ2) is 8.31. The van der Waals surface area contributed by atoms with E-state index in [1.165, 1.54) is 22.3 Å². The fourth-order valence-corrected chi connectivity index (χ4v) is 5.52. The average molecular weight is 468 g/mol. The molecule has 0 atom stereocenters. The van der Waals surface area contributed by atoms with Crippen LogP contribution in [0.3, 0.4) is 0 Å². The molecular formula is C33H25NO2. The van der Waals surface area contributed by atoms with Crippen molar-refractivity contribution in [1.29, 1.82) is 0 Å². The van der Waals surface area contributed by atoms with Gasteiger partial charge in [0.25, 0.3) is 0 Å². The SMILES string of the molecule is Cc1ccc(NC2c3ccccc3Oc3ccccc32)c(C2c3ccccc3Oc3ccccc32)c1. The molecule has 0 bridgehead atoms. The van der Waals surface area contributed by atoms with E-state index in [9.17, 15) is 0 Å². The Hall–Kier alpha value is -4.50. The number of aryl methyl sites for hydroxylation is 1. The zero-order valence-electron chi connectivity index (χ0n) is 19.9. The van der Waals surface area contributed by atoms with E-state index < -0.39 is 0 Å². The largest absolute Gasteiger partial charge is 0.457 e. The van der Waals surface area contributed by atoms with E-state index in [0.717, 1.165) is 39.8 Å². The van der Waals surface area contributed by atoms with E-state index in [0.29, 0.717) is 0 Å². The van der Waals surface area contributed by atoms with Crippen LogP contribution >= 0.6 is 0 Å². The van der Waals surface area contributed by atoms with Crippen LogP contribution < -0.4 is 14.8 Å². The summed E-state index contributed by atoms with van der Waals surface area (Å²) in [6, 6.07) is 40.0. The molecule has 0 radical (unpaired) electrons. The highest BCUT2D eigenvalue weighted by Crippen LogP contribution is 2.50. The first-order valence-electron chi connectivity index (χ1n) is 12.3. The molecule has 0 aromatic heterocycles. The van der Waals surface area contributed by atoms with Gasteiger partial charge in [-0.05, 0) is 42.8 Å². The minimum atomic E-state index is -0.0297. The van der Waals surface area contributed by atoms with Crippen LogP contribution in [0.5, 0.6) is 23.0 Å². The molecule has 3 heteroatoms. The normalized spacial score (nSPS) is 13.9. The monoisotopic (exact) mass is 467 g/mol. The zero-order valence-corrected chi connectivity index (χ0v) is 19.9. The summed E-state index contributed by atoms with van der Waals surface area (Å²) >= 11 is 0. The van der Waals surface area contributed by atoms with Gasteiger partial charge in [-0.2, -0.15) is 0 Å². The molecule has 2 aliphatic heterocycles. The number of rotatable bonds is 3. The summed E-state index contributed by atoms with van der Waals surface area (Å²) < 4.78 is 12.6. The van der Waals surface area contributed by atoms with E-state index in [4.69, 9.17) is 9.47 Å². The fraction of sp³-hybridized carbons (Fsp3) is 0.0909. The third-order valence-corrected chi connectivity index (χ3v) is 7.18. The van der Waals surface area contributed by atoms with Crippen molar-refractivity contribution in [1.82, 2.24) is 0 Å². The second-order valence-corrected chi connectivity index (χ2v) is 9.46. The minimum Gasteiger partial charge on any atom is -0.457 e. The van der Waals surface area contributed by atoms with E-state index >= 15 is 0 Å². The Balaban J connectivity index is 1.40. The lowest BCUT2D eigenvalue weighted by Crippen LogP contribution is -2.20. The van der Waals surface area contributed by atoms with Crippen LogP contribution in [-0.2, 0) is 0 Å². The quantitative estimate of drug-likeness (QED) is 0.283. The molecule has 7 rings (SSSR count). The van der Waals surface area contributed by atoms with Crippen LogP contribution in [0.1, 0.15) is 45.3 Å². The smallest absolute Gasteiger partial charge is 0.133 e. The summed E-state index contributed by atoms with van der Waals surface area (Å²) in [5.41, 5.74) is 8.19. The van der Waals surface area contributed by atoms with Crippen molar-refractivity contribution < 1.29 is 9.47 Å². The zero-order chi connectivity index (χ0) is 24.1. The summed E-state index contributed by atoms with van der Waals surface area (Å²) in [7, 11) is 0. The van der Waals surface area contributed by atoms with Gasteiger partial charge in [0.1, 0.15) is 23.0 Å². The molecule has 0 amide bonds. The standard InChI is InChI=1S/C33H25NO2/c1-21-18-19-27(34-33-24-12-4-8-16-30(24)36-31-17-9-5-13-25(31)33)26(20-21)32-22-10-2-6-14-28(22)35-29-15-7-3-11-23(29)32/h2-20,32-34H,1H3. The lowest BCUT2D eigenvalue weighted by Gasteiger charge is -2.33. The van der Waals surface area contributed by atoms with Crippen LogP contribution in [0.2, 0.25) is 0 Å². The summed E-state index contributed by atoms with van der Waals surface area (Å²) in [5.74, 6) is 3.66. The van der Waals surface area contributed by atoms with Crippen molar-refractivity contribution in [2.24, 2.45) is 0 Å². The van der Waals surface area contributed by atoms with E-state index in [1.807, 2.05) is 36.4 Å². The predicted molar refractivity (Wildman–Crippen MR) is 144 cm³/mol. The number of anilines is 1. The fourth-order valence-electron chi connectivity index (χ4n) is 5.52. The van der Waals surface area contributed by atoms with Gasteiger partial charge in [-0.25, -0.2) is 0 Å². The first-order valence-corrected chi connectivity index (χ1v) is 12.3. The Bertz CT molecular complexity index is 1510. The van der Waals surface area contributed by atoms with E-state index in [-0.39, 0.29) is 12.0 Å². The highest BCUT2D eigenvalue weighted by molar-refractivity contribution is 5.67. The molecule has 2 heterocycles. The number of para-hydroxylation sites is 4. The van der Waals surface area contributed by atoms with Crippen LogP contribution in [0, 0.1) is 6.92 Å². The third-order valence-electron chi connectivity index (χ3n) is 7.18. The molecule has 0 unspecified atom stereocenters. The van der Waals surface area contributed by atoms with Gasteiger partial charge in [-0.1, -0.05) is 90.5 Å². The minimum absolute atomic E-state index is 0.0297. The molecule has 0 saturated carbocycles. The summed E-state index contributed by atoms with van der Waals surface area (Å²) in [6.07, 6.45) is 0. The molecule has 5 aromatic rings. The number of hydrogen-bond acceptors (Lipinski definition) is 3. The third kappa shape index (κ3) is 3.36. The van der Waals surface area contributed by atoms with E-state index in [1.54, 1.807) is 0 Å². The van der Waals surface area contributed by atoms with Crippen LogP contribution in [0.25, 0.3) is 0 Å². The van der Waals surface area contributed by atoms with Gasteiger partial charge in [0.2, 0.25) is 0 Å². The molecule has 174 valence electrons. The van der Waals surface area contributed by atoms with Crippen molar-refractivity contribution in [3.63, 3.8) is 0 Å². The van der Waals surface area contributed by atoms with Crippen molar-refractivity contribution >= 4 is 5.69 Å². The predicted octanol–water partition coefficient (Wildman–Crippen LogP) is 8.59. The lowest BCUT2D eigenvalue weighted by atomic mass is 9.81. The molecular weight excluding hydrogens is 442 g/mol. The molecule has 1 N–H and O–H groups in total. The molecule has 0 aliphatic carbocycles. The van der Waals surface area contributed by atoms with Gasteiger partial charge in [0, 0.05) is 33.9 Å². The van der Waals surface area contributed by atoms with Crippen molar-refractivity contribution in [2.75, 3.05) is 5.32 Å². The van der Waals surface area contributed by atoms with E-state index in [2.05, 4.69) is 91.1 Å². The highest BCUT2D eigenvalue weighted by atomic mass is 16.5. The number of fused-ring (bicyclic) bond motifs is 4. The topological polar surface area (TPSA) is 30.5 Å². The first kappa shape index (κ1) is 20.8. The van der Waals surface area contributed by atoms with Crippen LogP contribution in [0.4, 0.5) is 5.69 Å². The maximum atomic E-state index is 6.31. The summed E-state index contributed by atoms with van der Waals surface area (Å²) in [5, 5.41) is 3.93. The Morgan fingerprint density at radius 3 is 1.47 bits per heavy atom. The Labute approximate surface area is 211 Å². The molecule has 36 heavy (non-hydrogen) atoms. The first-order chi connectivity index (χ1) is 17.8. The van der Waals surface area contributed by atoms with Gasteiger partial charge in [0.15, 0.2) is 0 Å². The number of benzene rings is 5. The van der Waals surface area contributed by atoms with Gasteiger partial charge in [-0.15, -0.1) is 0 Å². The summed E-state index contributed by atoms with van der Waals surface area (Å²) in [6.45, 7) is 2.16. The molecule has 0 saturated heterocycles. The van der Waals surface area contributed by atoms with Crippen molar-refractivity contribution in [3.05, 3.63) is 149 Å². The van der Waals surface area contributed by atoms with Crippen LogP contribution in [-0.4, -0.2) is 0 Å². The maximum absolute atomic E-state index is 6.31. The Morgan fingerprint density at radius 1 is 0.500 bits per heavy atom. The Morgan fingerprint density at radius 2 is 0.944 bits per heavy atom. The summed E-state index contributed by atoms with van der Waals surface area (Å²) in [4.78, 5) is 0. The number of hydrogen-bond donors (Lipinski definition) is 1. The molecule has 0 fully saturated rings. The molecule has 5 aromatic carbocycles. The van der Waals surface area contributed by atoms with Gasteiger partial charge < -0.3 is 14.8 Å². The van der Waals surface area contributed by atoms with Gasteiger partial charge in [0.05, 0.1) is 6.04 Å². The molecule has 2 aliphatic rings. The average Bonchev–Trinajstić information content (AvgIpc) is 2.92. The second-order valence-electron chi connectivity index (χ2n) is 9.46. The highest BCUT2D eigenvalue weighted by Gasteiger charge is 2.32. The molecule has 3 nitrogen and oxygen atoms in total. The lowest BCUT2D eigenvalue weighted by molar-refractivity contribution is 0.450. The Kier molecular flexibility index (Phi) is 4.81. The van der Waals surface area contributed by atoms with Crippen molar-refractivity contribution in [2.45, 2.75) is 18.9 Å². The van der Waals surface area contributed by atoms with Crippen molar-refractivity contribution in [3.8, 4) is 23.0 Å². The maximum Gasteiger partial charge on any atom is 0.133 e. The van der Waals surface area contributed by atoms with Crippen LogP contribution in [0.15, 0.2) is 115 Å². The number of nitrogens with one attached hydrogen (secondary N) is 1. The number of ether oxygens (including phenoxy) is 2. The molecule has 0 spiro atoms.